The Morgan fingerprint density at radius 1 is 0.884 bits per heavy atom. The zero-order valence-corrected chi connectivity index (χ0v) is 23.8. The topological polar surface area (TPSA) is 91.7 Å². The van der Waals surface area contributed by atoms with Crippen molar-refractivity contribution in [3.05, 3.63) is 133 Å². The summed E-state index contributed by atoms with van der Waals surface area (Å²) in [5.41, 5.74) is 4.09. The molecule has 1 heterocycles. The number of hydrogen-bond acceptors (Lipinski definition) is 6. The Balaban J connectivity index is 1.41. The van der Waals surface area contributed by atoms with Crippen LogP contribution in [0.5, 0.6) is 11.5 Å². The summed E-state index contributed by atoms with van der Waals surface area (Å²) in [4.78, 5) is 26.6. The predicted molar refractivity (Wildman–Crippen MR) is 166 cm³/mol. The number of aromatic nitrogens is 2. The van der Waals surface area contributed by atoms with Gasteiger partial charge in [-0.3, -0.25) is 4.79 Å². The molecule has 1 N–H and O–H groups in total. The highest BCUT2D eigenvalue weighted by molar-refractivity contribution is 5.98. The van der Waals surface area contributed by atoms with Gasteiger partial charge in [0, 0.05) is 29.0 Å². The van der Waals surface area contributed by atoms with Crippen LogP contribution in [0.25, 0.3) is 23.0 Å². The molecule has 1 amide bonds. The number of hydrogen-bond donors (Lipinski definition) is 1. The highest BCUT2D eigenvalue weighted by atomic mass is 16.5. The molecular weight excluding hydrogens is 542 g/mol. The summed E-state index contributed by atoms with van der Waals surface area (Å²) in [6.45, 7) is 2.30. The molecule has 216 valence electrons. The van der Waals surface area contributed by atoms with Crippen molar-refractivity contribution in [2.24, 2.45) is 0 Å². The standard InChI is InChI=1S/C35H31N3O5/c1-3-42-31-17-11-10-16-30(31)36-35(40)34(26-12-6-4-7-13-26)43-32(39)23-20-27-24-38(28-14-8-5-9-15-28)37-33(27)25-18-21-29(41-2)22-19-25/h4-24,34H,3H2,1-2H3,(H,36,40)/b23-20+/t34-/m1/s1. The van der Waals surface area contributed by atoms with E-state index < -0.39 is 18.0 Å². The van der Waals surface area contributed by atoms with Gasteiger partial charge in [-0.05, 0) is 61.5 Å². The summed E-state index contributed by atoms with van der Waals surface area (Å²) >= 11 is 0. The van der Waals surface area contributed by atoms with Gasteiger partial charge < -0.3 is 19.5 Å². The van der Waals surface area contributed by atoms with Crippen LogP contribution in [0.3, 0.4) is 0 Å². The fraction of sp³-hybridized carbons (Fsp3) is 0.114. The molecule has 0 unspecified atom stereocenters. The summed E-state index contributed by atoms with van der Waals surface area (Å²) in [5, 5.41) is 7.63. The molecule has 0 spiro atoms. The summed E-state index contributed by atoms with van der Waals surface area (Å²) in [6, 6.07) is 33.2. The molecule has 0 radical (unpaired) electrons. The van der Waals surface area contributed by atoms with Gasteiger partial charge in [0.25, 0.3) is 5.91 Å². The van der Waals surface area contributed by atoms with Crippen LogP contribution in [-0.4, -0.2) is 35.4 Å². The highest BCUT2D eigenvalue weighted by Gasteiger charge is 2.25. The molecule has 43 heavy (non-hydrogen) atoms. The molecule has 8 nitrogen and oxygen atoms in total. The lowest BCUT2D eigenvalue weighted by Crippen LogP contribution is -2.25. The highest BCUT2D eigenvalue weighted by Crippen LogP contribution is 2.29. The fourth-order valence-corrected chi connectivity index (χ4v) is 4.46. The number of rotatable bonds is 11. The van der Waals surface area contributed by atoms with Crippen molar-refractivity contribution < 1.29 is 23.8 Å². The van der Waals surface area contributed by atoms with Crippen LogP contribution in [-0.2, 0) is 14.3 Å². The van der Waals surface area contributed by atoms with E-state index in [-0.39, 0.29) is 0 Å². The molecule has 5 rings (SSSR count). The van der Waals surface area contributed by atoms with E-state index in [1.54, 1.807) is 60.3 Å². The largest absolute Gasteiger partial charge is 0.497 e. The van der Waals surface area contributed by atoms with Crippen LogP contribution in [0.15, 0.2) is 121 Å². The van der Waals surface area contributed by atoms with Crippen molar-refractivity contribution in [1.29, 1.82) is 0 Å². The van der Waals surface area contributed by atoms with Crippen LogP contribution in [0.2, 0.25) is 0 Å². The number of esters is 1. The maximum absolute atomic E-state index is 13.4. The third-order valence-electron chi connectivity index (χ3n) is 6.54. The van der Waals surface area contributed by atoms with Gasteiger partial charge in [-0.25, -0.2) is 9.48 Å². The van der Waals surface area contributed by atoms with E-state index in [1.165, 1.54) is 6.08 Å². The maximum atomic E-state index is 13.4. The van der Waals surface area contributed by atoms with E-state index in [2.05, 4.69) is 5.32 Å². The third-order valence-corrected chi connectivity index (χ3v) is 6.54. The number of methoxy groups -OCH3 is 1. The number of nitrogens with one attached hydrogen (secondary N) is 1. The van der Waals surface area contributed by atoms with Crippen LogP contribution in [0.1, 0.15) is 24.2 Å². The molecular formula is C35H31N3O5. The van der Waals surface area contributed by atoms with E-state index in [1.807, 2.05) is 79.9 Å². The van der Waals surface area contributed by atoms with Gasteiger partial charge in [0.2, 0.25) is 6.10 Å². The average molecular weight is 574 g/mol. The summed E-state index contributed by atoms with van der Waals surface area (Å²) in [5.74, 6) is 0.0602. The van der Waals surface area contributed by atoms with Crippen molar-refractivity contribution in [3.63, 3.8) is 0 Å². The van der Waals surface area contributed by atoms with Crippen LogP contribution in [0.4, 0.5) is 5.69 Å². The van der Waals surface area contributed by atoms with Crippen molar-refractivity contribution in [2.45, 2.75) is 13.0 Å². The minimum absolute atomic E-state index is 0.439. The zero-order chi connectivity index (χ0) is 30.0. The van der Waals surface area contributed by atoms with E-state index >= 15 is 0 Å². The van der Waals surface area contributed by atoms with Gasteiger partial charge in [-0.15, -0.1) is 0 Å². The Kier molecular flexibility index (Phi) is 9.29. The van der Waals surface area contributed by atoms with Crippen LogP contribution in [0, 0.1) is 0 Å². The monoisotopic (exact) mass is 573 g/mol. The summed E-state index contributed by atoms with van der Waals surface area (Å²) in [6.07, 6.45) is 3.58. The number of carbonyl (C=O) groups is 2. The Labute approximate surface area is 250 Å². The second-order valence-electron chi connectivity index (χ2n) is 9.42. The Bertz CT molecular complexity index is 1700. The average Bonchev–Trinajstić information content (AvgIpc) is 3.49. The van der Waals surface area contributed by atoms with Gasteiger partial charge in [-0.2, -0.15) is 5.10 Å². The molecule has 0 aliphatic heterocycles. The Morgan fingerprint density at radius 3 is 2.26 bits per heavy atom. The first-order valence-electron chi connectivity index (χ1n) is 13.8. The molecule has 8 heteroatoms. The molecule has 0 aliphatic carbocycles. The lowest BCUT2D eigenvalue weighted by molar-refractivity contribution is -0.149. The van der Waals surface area contributed by atoms with Crippen molar-refractivity contribution in [2.75, 3.05) is 19.0 Å². The second-order valence-corrected chi connectivity index (χ2v) is 9.42. The number of anilines is 1. The predicted octanol–water partition coefficient (Wildman–Crippen LogP) is 6.88. The van der Waals surface area contributed by atoms with Crippen molar-refractivity contribution in [3.8, 4) is 28.4 Å². The van der Waals surface area contributed by atoms with Crippen LogP contribution < -0.4 is 14.8 Å². The first-order chi connectivity index (χ1) is 21.1. The molecule has 0 aliphatic rings. The first-order valence-corrected chi connectivity index (χ1v) is 13.8. The van der Waals surface area contributed by atoms with Gasteiger partial charge in [0.15, 0.2) is 0 Å². The normalized spacial score (nSPS) is 11.6. The fourth-order valence-electron chi connectivity index (χ4n) is 4.46. The number of benzene rings is 4. The summed E-state index contributed by atoms with van der Waals surface area (Å²) in [7, 11) is 1.61. The molecule has 0 bridgehead atoms. The van der Waals surface area contributed by atoms with Gasteiger partial charge in [-0.1, -0.05) is 60.7 Å². The molecule has 0 saturated heterocycles. The Morgan fingerprint density at radius 2 is 1.56 bits per heavy atom. The number of amides is 1. The zero-order valence-electron chi connectivity index (χ0n) is 23.8. The SMILES string of the molecule is CCOc1ccccc1NC(=O)[C@H](OC(=O)/C=C/c1cn(-c2ccccc2)nc1-c1ccc(OC)cc1)c1ccccc1. The van der Waals surface area contributed by atoms with Crippen LogP contribution >= 0.6 is 0 Å². The van der Waals surface area contributed by atoms with Crippen molar-refractivity contribution in [1.82, 2.24) is 9.78 Å². The lowest BCUT2D eigenvalue weighted by Gasteiger charge is -2.18. The van der Waals surface area contributed by atoms with Gasteiger partial charge in [0.1, 0.15) is 11.5 Å². The molecule has 0 saturated carbocycles. The second kappa shape index (κ2) is 13.8. The maximum Gasteiger partial charge on any atom is 0.331 e. The van der Waals surface area contributed by atoms with Gasteiger partial charge >= 0.3 is 5.97 Å². The Hall–Kier alpha value is -5.63. The van der Waals surface area contributed by atoms with Gasteiger partial charge in [0.05, 0.1) is 30.8 Å². The minimum Gasteiger partial charge on any atom is -0.497 e. The molecule has 0 fully saturated rings. The van der Waals surface area contributed by atoms with E-state index in [0.29, 0.717) is 34.9 Å². The molecule has 5 aromatic rings. The molecule has 4 aromatic carbocycles. The van der Waals surface area contributed by atoms with E-state index in [4.69, 9.17) is 19.3 Å². The quantitative estimate of drug-likeness (QED) is 0.137. The molecule has 1 aromatic heterocycles. The number of ether oxygens (including phenoxy) is 3. The summed E-state index contributed by atoms with van der Waals surface area (Å²) < 4.78 is 18.4. The third kappa shape index (κ3) is 7.18. The smallest absolute Gasteiger partial charge is 0.331 e. The minimum atomic E-state index is -1.19. The van der Waals surface area contributed by atoms with E-state index in [9.17, 15) is 9.59 Å². The number of carbonyl (C=O) groups excluding carboxylic acids is 2. The number of nitrogens with zero attached hydrogens (tertiary/aromatic N) is 2. The lowest BCUT2D eigenvalue weighted by atomic mass is 10.1. The van der Waals surface area contributed by atoms with E-state index in [0.717, 1.165) is 17.0 Å². The van der Waals surface area contributed by atoms with Crippen molar-refractivity contribution >= 4 is 23.6 Å². The number of para-hydroxylation sites is 3. The molecule has 1 atom stereocenters. The first kappa shape index (κ1) is 28.9.